The van der Waals surface area contributed by atoms with Crippen LogP contribution in [-0.2, 0) is 39.1 Å². The summed E-state index contributed by atoms with van der Waals surface area (Å²) < 4.78 is 38.2. The Morgan fingerprint density at radius 2 is 1.66 bits per heavy atom. The van der Waals surface area contributed by atoms with Crippen molar-refractivity contribution in [1.82, 2.24) is 9.88 Å². The molecule has 0 bridgehead atoms. The average molecular weight is 493 g/mol. The molecule has 4 aromatic rings. The molecule has 1 aromatic heterocycles. The number of fused-ring (bicyclic) bond motifs is 1. The molecule has 0 saturated carbocycles. The summed E-state index contributed by atoms with van der Waals surface area (Å²) in [5, 5.41) is 3.81. The fourth-order valence-corrected chi connectivity index (χ4v) is 4.83. The lowest BCUT2D eigenvalue weighted by atomic mass is 10.1. The third kappa shape index (κ3) is 6.29. The van der Waals surface area contributed by atoms with E-state index in [2.05, 4.69) is 5.32 Å². The van der Waals surface area contributed by atoms with Crippen molar-refractivity contribution in [3.8, 4) is 0 Å². The normalized spacial score (nSPS) is 12.4. The highest BCUT2D eigenvalue weighted by atomic mass is 32.2. The van der Waals surface area contributed by atoms with Gasteiger partial charge in [-0.2, -0.15) is 8.42 Å². The second-order valence-corrected chi connectivity index (χ2v) is 10.1. The lowest BCUT2D eigenvalue weighted by molar-refractivity contribution is 0.131. The van der Waals surface area contributed by atoms with Gasteiger partial charge in [-0.15, -0.1) is 0 Å². The van der Waals surface area contributed by atoms with Gasteiger partial charge in [0.25, 0.3) is 10.1 Å². The number of aromatic nitrogens is 1. The van der Waals surface area contributed by atoms with Gasteiger partial charge in [-0.3, -0.25) is 4.18 Å². The van der Waals surface area contributed by atoms with Crippen LogP contribution in [0, 0.1) is 6.92 Å². The smallest absolute Gasteiger partial charge is 0.407 e. The molecule has 0 spiro atoms. The van der Waals surface area contributed by atoms with Gasteiger partial charge in [0.2, 0.25) is 0 Å². The van der Waals surface area contributed by atoms with Crippen LogP contribution in [0.1, 0.15) is 16.7 Å². The Kier molecular flexibility index (Phi) is 7.53. The summed E-state index contributed by atoms with van der Waals surface area (Å²) >= 11 is 0. The Balaban J connectivity index is 1.50. The van der Waals surface area contributed by atoms with Crippen LogP contribution < -0.4 is 5.32 Å². The van der Waals surface area contributed by atoms with Crippen LogP contribution in [0.15, 0.2) is 90.0 Å². The van der Waals surface area contributed by atoms with Crippen molar-refractivity contribution in [2.75, 3.05) is 6.61 Å². The standard InChI is InChI=1S/C27H28N2O5S/c1-20-12-14-24(15-13-20)35(31,32)34-19-23(28-27(30)33-18-21-8-4-3-5-9-21)16-22-17-29(2)26-11-7-6-10-25(22)26/h3-15,17,23H,16,18-19H2,1-2H3,(H,28,30). The minimum atomic E-state index is -3.99. The molecular formula is C27H28N2O5S. The lowest BCUT2D eigenvalue weighted by Crippen LogP contribution is -2.40. The molecule has 1 heterocycles. The number of hydrogen-bond acceptors (Lipinski definition) is 5. The first kappa shape index (κ1) is 24.5. The number of amides is 1. The highest BCUT2D eigenvalue weighted by Gasteiger charge is 2.22. The van der Waals surface area contributed by atoms with Gasteiger partial charge in [-0.25, -0.2) is 4.79 Å². The number of carbonyl (C=O) groups excluding carboxylic acids is 1. The molecule has 1 N–H and O–H groups in total. The van der Waals surface area contributed by atoms with E-state index in [-0.39, 0.29) is 18.1 Å². The van der Waals surface area contributed by atoms with Crippen molar-refractivity contribution in [2.24, 2.45) is 7.05 Å². The topological polar surface area (TPSA) is 86.6 Å². The molecule has 8 heteroatoms. The molecule has 7 nitrogen and oxygen atoms in total. The Hall–Kier alpha value is -3.62. The third-order valence-electron chi connectivity index (χ3n) is 5.71. The summed E-state index contributed by atoms with van der Waals surface area (Å²) in [6.07, 6.45) is 1.70. The summed E-state index contributed by atoms with van der Waals surface area (Å²) in [6, 6.07) is 23.0. The van der Waals surface area contributed by atoms with Gasteiger partial charge < -0.3 is 14.6 Å². The molecule has 0 aliphatic rings. The zero-order valence-electron chi connectivity index (χ0n) is 19.7. The van der Waals surface area contributed by atoms with E-state index >= 15 is 0 Å². The number of para-hydroxylation sites is 1. The van der Waals surface area contributed by atoms with Crippen molar-refractivity contribution in [2.45, 2.75) is 30.9 Å². The number of alkyl carbamates (subject to hydrolysis) is 1. The third-order valence-corrected chi connectivity index (χ3v) is 7.01. The first-order valence-corrected chi connectivity index (χ1v) is 12.7. The molecule has 4 rings (SSSR count). The highest BCUT2D eigenvalue weighted by Crippen LogP contribution is 2.22. The quantitative estimate of drug-likeness (QED) is 0.342. The first-order chi connectivity index (χ1) is 16.8. The maximum atomic E-state index is 12.7. The van der Waals surface area contributed by atoms with E-state index in [1.54, 1.807) is 12.1 Å². The number of aryl methyl sites for hydroxylation is 2. The van der Waals surface area contributed by atoms with Gasteiger partial charge in [-0.1, -0.05) is 66.2 Å². The summed E-state index contributed by atoms with van der Waals surface area (Å²) in [4.78, 5) is 12.6. The molecule has 1 atom stereocenters. The van der Waals surface area contributed by atoms with Gasteiger partial charge in [0.1, 0.15) is 6.61 Å². The number of ether oxygens (including phenoxy) is 1. The average Bonchev–Trinajstić information content (AvgIpc) is 3.17. The Bertz CT molecular complexity index is 1400. The van der Waals surface area contributed by atoms with Gasteiger partial charge in [-0.05, 0) is 42.7 Å². The van der Waals surface area contributed by atoms with Crippen LogP contribution in [0.5, 0.6) is 0 Å². The van der Waals surface area contributed by atoms with Crippen molar-refractivity contribution in [1.29, 1.82) is 0 Å². The van der Waals surface area contributed by atoms with Crippen LogP contribution in [-0.4, -0.2) is 31.7 Å². The van der Waals surface area contributed by atoms with E-state index < -0.39 is 22.3 Å². The van der Waals surface area contributed by atoms with Gasteiger partial charge in [0.15, 0.2) is 0 Å². The van der Waals surface area contributed by atoms with E-state index in [1.165, 1.54) is 12.1 Å². The minimum Gasteiger partial charge on any atom is -0.445 e. The van der Waals surface area contributed by atoms with Gasteiger partial charge in [0, 0.05) is 24.1 Å². The van der Waals surface area contributed by atoms with E-state index in [4.69, 9.17) is 8.92 Å². The Morgan fingerprint density at radius 1 is 0.971 bits per heavy atom. The van der Waals surface area contributed by atoms with Gasteiger partial charge >= 0.3 is 6.09 Å². The number of rotatable bonds is 9. The highest BCUT2D eigenvalue weighted by molar-refractivity contribution is 7.86. The van der Waals surface area contributed by atoms with Crippen LogP contribution in [0.4, 0.5) is 4.79 Å². The van der Waals surface area contributed by atoms with E-state index in [9.17, 15) is 13.2 Å². The number of hydrogen-bond donors (Lipinski definition) is 1. The van der Waals surface area contributed by atoms with Crippen molar-refractivity contribution in [3.63, 3.8) is 0 Å². The largest absolute Gasteiger partial charge is 0.445 e. The molecule has 0 radical (unpaired) electrons. The zero-order chi connectivity index (χ0) is 24.8. The first-order valence-electron chi connectivity index (χ1n) is 11.3. The maximum absolute atomic E-state index is 12.7. The zero-order valence-corrected chi connectivity index (χ0v) is 20.5. The monoisotopic (exact) mass is 492 g/mol. The maximum Gasteiger partial charge on any atom is 0.407 e. The summed E-state index contributed by atoms with van der Waals surface area (Å²) in [6.45, 7) is 1.75. The van der Waals surface area contributed by atoms with E-state index in [1.807, 2.05) is 79.3 Å². The number of nitrogens with one attached hydrogen (secondary N) is 1. The van der Waals surface area contributed by atoms with Crippen molar-refractivity contribution >= 4 is 27.1 Å². The van der Waals surface area contributed by atoms with E-state index in [0.717, 1.165) is 27.6 Å². The fourth-order valence-electron chi connectivity index (χ4n) is 3.88. The van der Waals surface area contributed by atoms with Crippen LogP contribution in [0.2, 0.25) is 0 Å². The molecule has 3 aromatic carbocycles. The minimum absolute atomic E-state index is 0.0682. The molecule has 1 amide bonds. The van der Waals surface area contributed by atoms with Crippen LogP contribution in [0.25, 0.3) is 10.9 Å². The molecule has 0 fully saturated rings. The predicted molar refractivity (Wildman–Crippen MR) is 134 cm³/mol. The van der Waals surface area contributed by atoms with Crippen molar-refractivity contribution < 1.29 is 22.1 Å². The summed E-state index contributed by atoms with van der Waals surface area (Å²) in [7, 11) is -2.04. The Labute approximate surface area is 205 Å². The second kappa shape index (κ2) is 10.8. The molecule has 1 unspecified atom stereocenters. The molecule has 35 heavy (non-hydrogen) atoms. The van der Waals surface area contributed by atoms with Gasteiger partial charge in [0.05, 0.1) is 17.5 Å². The molecule has 0 saturated heterocycles. The fraction of sp³-hybridized carbons (Fsp3) is 0.222. The summed E-state index contributed by atoms with van der Waals surface area (Å²) in [5.74, 6) is 0. The molecule has 0 aliphatic carbocycles. The SMILES string of the molecule is Cc1ccc(S(=O)(=O)OCC(Cc2cn(C)c3ccccc23)NC(=O)OCc2ccccc2)cc1. The van der Waals surface area contributed by atoms with E-state index in [0.29, 0.717) is 6.42 Å². The predicted octanol–water partition coefficient (Wildman–Crippen LogP) is 4.73. The Morgan fingerprint density at radius 3 is 2.40 bits per heavy atom. The second-order valence-electron chi connectivity index (χ2n) is 8.44. The number of carbonyl (C=O) groups is 1. The van der Waals surface area contributed by atoms with Crippen LogP contribution >= 0.6 is 0 Å². The molecular weight excluding hydrogens is 464 g/mol. The number of nitrogens with zero attached hydrogens (tertiary/aromatic N) is 1. The van der Waals surface area contributed by atoms with Crippen LogP contribution in [0.3, 0.4) is 0 Å². The molecule has 182 valence electrons. The summed E-state index contributed by atoms with van der Waals surface area (Å²) in [5.41, 5.74) is 3.81. The lowest BCUT2D eigenvalue weighted by Gasteiger charge is -2.19. The van der Waals surface area contributed by atoms with Crippen molar-refractivity contribution in [3.05, 3.63) is 102 Å². The molecule has 0 aliphatic heterocycles. The number of benzene rings is 3.